The van der Waals surface area contributed by atoms with Crippen molar-refractivity contribution in [1.29, 1.82) is 0 Å². The molecule has 3 heteroatoms. The van der Waals surface area contributed by atoms with Crippen LogP contribution in [-0.2, 0) is 9.59 Å². The average molecular weight is 223 g/mol. The molecule has 0 radical (unpaired) electrons. The first-order valence-corrected chi connectivity index (χ1v) is 6.16. The maximum absolute atomic E-state index is 11.5. The molecule has 2 amide bonds. The number of hydrogen-bond acceptors (Lipinski definition) is 2. The van der Waals surface area contributed by atoms with Crippen molar-refractivity contribution >= 4 is 11.8 Å². The number of nitrogens with one attached hydrogen (secondary N) is 1. The quantitative estimate of drug-likeness (QED) is 0.640. The van der Waals surface area contributed by atoms with Gasteiger partial charge in [-0.1, -0.05) is 20.8 Å². The summed E-state index contributed by atoms with van der Waals surface area (Å²) >= 11 is 0. The lowest BCUT2D eigenvalue weighted by molar-refractivity contribution is -0.142. The van der Waals surface area contributed by atoms with Gasteiger partial charge < -0.3 is 0 Å². The van der Waals surface area contributed by atoms with Crippen LogP contribution in [0.15, 0.2) is 0 Å². The minimum atomic E-state index is -0.0807. The van der Waals surface area contributed by atoms with E-state index in [4.69, 9.17) is 0 Å². The van der Waals surface area contributed by atoms with Gasteiger partial charge in [0.1, 0.15) is 0 Å². The molecule has 2 rings (SSSR count). The predicted molar refractivity (Wildman–Crippen MR) is 61.6 cm³/mol. The normalized spacial score (nSPS) is 32.6. The number of carbonyl (C=O) groups is 2. The maximum atomic E-state index is 11.5. The number of piperidine rings is 1. The summed E-state index contributed by atoms with van der Waals surface area (Å²) in [5.74, 6) is 0.303. The Balaban J connectivity index is 2.19. The molecule has 1 aliphatic carbocycles. The number of hydrogen-bond donors (Lipinski definition) is 1. The van der Waals surface area contributed by atoms with Crippen LogP contribution in [0.2, 0.25) is 0 Å². The van der Waals surface area contributed by atoms with E-state index in [1.165, 1.54) is 0 Å². The van der Waals surface area contributed by atoms with Gasteiger partial charge in [-0.05, 0) is 36.0 Å². The molecule has 0 aromatic rings. The highest BCUT2D eigenvalue weighted by Gasteiger charge is 2.48. The van der Waals surface area contributed by atoms with Gasteiger partial charge in [0.2, 0.25) is 11.8 Å². The molecular weight excluding hydrogens is 202 g/mol. The molecule has 1 unspecified atom stereocenters. The maximum Gasteiger partial charge on any atom is 0.227 e. The lowest BCUT2D eigenvalue weighted by Crippen LogP contribution is -2.50. The van der Waals surface area contributed by atoms with Crippen LogP contribution >= 0.6 is 0 Å². The van der Waals surface area contributed by atoms with Gasteiger partial charge in [-0.25, -0.2) is 0 Å². The van der Waals surface area contributed by atoms with E-state index in [1.807, 2.05) is 0 Å². The van der Waals surface area contributed by atoms with E-state index in [0.29, 0.717) is 24.2 Å². The van der Waals surface area contributed by atoms with Crippen molar-refractivity contribution in [1.82, 2.24) is 5.32 Å². The first-order chi connectivity index (χ1) is 7.33. The van der Waals surface area contributed by atoms with Crippen LogP contribution in [0.25, 0.3) is 0 Å². The van der Waals surface area contributed by atoms with Gasteiger partial charge in [0, 0.05) is 12.8 Å². The van der Waals surface area contributed by atoms with Gasteiger partial charge in [0.25, 0.3) is 0 Å². The van der Waals surface area contributed by atoms with Crippen LogP contribution in [0.5, 0.6) is 0 Å². The molecule has 0 bridgehead atoms. The van der Waals surface area contributed by atoms with Crippen LogP contribution in [0, 0.1) is 16.7 Å². The summed E-state index contributed by atoms with van der Waals surface area (Å²) in [5.41, 5.74) is 0.316. The van der Waals surface area contributed by atoms with Crippen molar-refractivity contribution in [2.45, 2.75) is 52.9 Å². The van der Waals surface area contributed by atoms with E-state index < -0.39 is 0 Å². The molecule has 1 atom stereocenters. The number of rotatable bonds is 0. The summed E-state index contributed by atoms with van der Waals surface area (Å²) in [4.78, 5) is 23.0. The van der Waals surface area contributed by atoms with Gasteiger partial charge in [-0.3, -0.25) is 14.9 Å². The zero-order chi connectivity index (χ0) is 12.0. The molecule has 1 spiro atoms. The largest absolute Gasteiger partial charge is 0.296 e. The average Bonchev–Trinajstić information content (AvgIpc) is 2.11. The van der Waals surface area contributed by atoms with Gasteiger partial charge >= 0.3 is 0 Å². The molecule has 1 saturated heterocycles. The van der Waals surface area contributed by atoms with E-state index in [9.17, 15) is 9.59 Å². The Morgan fingerprint density at radius 2 is 1.69 bits per heavy atom. The van der Waals surface area contributed by atoms with Crippen LogP contribution in [0.1, 0.15) is 52.9 Å². The Morgan fingerprint density at radius 1 is 1.12 bits per heavy atom. The van der Waals surface area contributed by atoms with E-state index in [2.05, 4.69) is 26.1 Å². The second-order valence-electron chi connectivity index (χ2n) is 6.46. The highest BCUT2D eigenvalue weighted by atomic mass is 16.2. The molecule has 1 heterocycles. The smallest absolute Gasteiger partial charge is 0.227 e. The number of amides is 2. The Hall–Kier alpha value is -0.860. The Morgan fingerprint density at radius 3 is 2.19 bits per heavy atom. The minimum Gasteiger partial charge on any atom is -0.296 e. The first kappa shape index (κ1) is 11.6. The van der Waals surface area contributed by atoms with Gasteiger partial charge in [0.05, 0.1) is 0 Å². The molecule has 90 valence electrons. The second-order valence-corrected chi connectivity index (χ2v) is 6.46. The third-order valence-electron chi connectivity index (χ3n) is 4.51. The highest BCUT2D eigenvalue weighted by molar-refractivity contribution is 5.98. The van der Waals surface area contributed by atoms with Crippen LogP contribution in [0.3, 0.4) is 0 Å². The van der Waals surface area contributed by atoms with Gasteiger partial charge in [-0.15, -0.1) is 0 Å². The fraction of sp³-hybridized carbons (Fsp3) is 0.846. The highest BCUT2D eigenvalue weighted by Crippen LogP contribution is 2.53. The Labute approximate surface area is 97.0 Å². The van der Waals surface area contributed by atoms with E-state index in [1.54, 1.807) is 0 Å². The lowest BCUT2D eigenvalue weighted by atomic mass is 9.56. The van der Waals surface area contributed by atoms with Crippen molar-refractivity contribution in [3.63, 3.8) is 0 Å². The fourth-order valence-electron chi connectivity index (χ4n) is 3.45. The monoisotopic (exact) mass is 223 g/mol. The second kappa shape index (κ2) is 3.57. The predicted octanol–water partition coefficient (Wildman–Crippen LogP) is 2.26. The summed E-state index contributed by atoms with van der Waals surface area (Å²) in [6.45, 7) is 6.76. The van der Waals surface area contributed by atoms with E-state index in [-0.39, 0.29) is 17.2 Å². The topological polar surface area (TPSA) is 46.2 Å². The molecule has 2 aliphatic rings. The molecule has 16 heavy (non-hydrogen) atoms. The molecule has 1 aliphatic heterocycles. The van der Waals surface area contributed by atoms with Gasteiger partial charge in [-0.2, -0.15) is 0 Å². The third-order valence-corrected chi connectivity index (χ3v) is 4.51. The Bertz CT molecular complexity index is 317. The van der Waals surface area contributed by atoms with Crippen molar-refractivity contribution < 1.29 is 9.59 Å². The van der Waals surface area contributed by atoms with Crippen molar-refractivity contribution in [3.05, 3.63) is 0 Å². The van der Waals surface area contributed by atoms with E-state index in [0.717, 1.165) is 19.3 Å². The van der Waals surface area contributed by atoms with Gasteiger partial charge in [0.15, 0.2) is 0 Å². The molecule has 0 aromatic carbocycles. The molecule has 2 fully saturated rings. The molecule has 1 N–H and O–H groups in total. The number of imide groups is 1. The number of carbonyl (C=O) groups excluding carboxylic acids is 2. The fourth-order valence-corrected chi connectivity index (χ4v) is 3.45. The first-order valence-electron chi connectivity index (χ1n) is 6.16. The van der Waals surface area contributed by atoms with Crippen LogP contribution in [-0.4, -0.2) is 11.8 Å². The summed E-state index contributed by atoms with van der Waals surface area (Å²) in [6.07, 6.45) is 4.33. The van der Waals surface area contributed by atoms with Crippen molar-refractivity contribution in [3.8, 4) is 0 Å². The van der Waals surface area contributed by atoms with Crippen molar-refractivity contribution in [2.24, 2.45) is 16.7 Å². The summed E-state index contributed by atoms with van der Waals surface area (Å²) in [6, 6.07) is 0. The van der Waals surface area contributed by atoms with Crippen LogP contribution < -0.4 is 5.32 Å². The molecule has 1 saturated carbocycles. The SMILES string of the molecule is CC1CC(C)(C)CCC12CC(=O)NC(=O)C2. The minimum absolute atomic E-state index is 0.0467. The molecular formula is C13H21NO2. The zero-order valence-electron chi connectivity index (χ0n) is 10.4. The summed E-state index contributed by atoms with van der Waals surface area (Å²) in [7, 11) is 0. The van der Waals surface area contributed by atoms with Crippen LogP contribution in [0.4, 0.5) is 0 Å². The summed E-state index contributed by atoms with van der Waals surface area (Å²) < 4.78 is 0. The Kier molecular flexibility index (Phi) is 2.59. The summed E-state index contributed by atoms with van der Waals surface area (Å²) in [5, 5.41) is 2.41. The van der Waals surface area contributed by atoms with Crippen molar-refractivity contribution in [2.75, 3.05) is 0 Å². The molecule has 3 nitrogen and oxygen atoms in total. The van der Waals surface area contributed by atoms with E-state index >= 15 is 0 Å². The standard InChI is InChI=1S/C13H21NO2/c1-9-6-12(2,3)4-5-13(9)7-10(15)14-11(16)8-13/h9H,4-8H2,1-3H3,(H,14,15,16). The lowest BCUT2D eigenvalue weighted by Gasteiger charge is -2.49. The third kappa shape index (κ3) is 2.00. The molecule has 0 aromatic heterocycles. The zero-order valence-corrected chi connectivity index (χ0v) is 10.4.